The highest BCUT2D eigenvalue weighted by Gasteiger charge is 2.35. The smallest absolute Gasteiger partial charge is 0.326 e. The van der Waals surface area contributed by atoms with Gasteiger partial charge in [-0.2, -0.15) is 0 Å². The first-order valence-electron chi connectivity index (χ1n) is 19.4. The number of carboxylic acid groups (broad SMARTS) is 1. The fraction of sp³-hybridized carbons (Fsp3) is 0.750. The van der Waals surface area contributed by atoms with Crippen molar-refractivity contribution in [3.63, 3.8) is 0 Å². The van der Waals surface area contributed by atoms with Crippen molar-refractivity contribution in [1.82, 2.24) is 37.2 Å². The molecule has 338 valence electrons. The molecule has 23 nitrogen and oxygen atoms in total. The van der Waals surface area contributed by atoms with E-state index in [0.29, 0.717) is 6.42 Å². The van der Waals surface area contributed by atoms with Crippen molar-refractivity contribution >= 4 is 53.3 Å². The van der Waals surface area contributed by atoms with Gasteiger partial charge in [0, 0.05) is 6.54 Å². The number of nitrogens with two attached hydrogens (primary N) is 3. The molecule has 23 heteroatoms. The molecule has 0 aromatic carbocycles. The van der Waals surface area contributed by atoms with Gasteiger partial charge in [-0.1, -0.05) is 41.5 Å². The van der Waals surface area contributed by atoms with Crippen LogP contribution in [0.5, 0.6) is 0 Å². The van der Waals surface area contributed by atoms with Gasteiger partial charge in [0.25, 0.3) is 0 Å². The molecular weight excluding hydrogens is 778 g/mol. The largest absolute Gasteiger partial charge is 0.480 e. The standard InChI is InChI=1S/C36H67N11O12/c1-16(2)12-21(37)29(52)44-24(15-48)31(54)46-26(18(5)6)32(55)43-23(13-17(3)4)30(53)41-14-25(51)45-27(19(7)49)34(57)47-28(20(8)50)33(56)42-22(35(58)59)10-9-11-40-36(38)39/h16-24,26-28,48-50H,9-15,37H2,1-8H3,(H,41,53)(H,42,56)(H,43,55)(H,44,52)(H,45,51)(H,46,54)(H,47,57)(H,58,59)(H4,38,39,40)/t19-,20-,21+,22+,23+,24+,26+,27+,28+/m1/s1. The lowest BCUT2D eigenvalue weighted by atomic mass is 9.99. The summed E-state index contributed by atoms with van der Waals surface area (Å²) in [6, 6.07) is -9.69. The first-order valence-corrected chi connectivity index (χ1v) is 19.4. The van der Waals surface area contributed by atoms with Gasteiger partial charge in [0.2, 0.25) is 41.4 Å². The number of aliphatic imine (C=N–C) groups is 1. The summed E-state index contributed by atoms with van der Waals surface area (Å²) in [6.07, 6.45) is -2.66. The van der Waals surface area contributed by atoms with E-state index in [4.69, 9.17) is 17.2 Å². The summed E-state index contributed by atoms with van der Waals surface area (Å²) in [5.74, 6) is -8.53. The van der Waals surface area contributed by atoms with Crippen molar-refractivity contribution in [2.45, 2.75) is 136 Å². The van der Waals surface area contributed by atoms with Crippen LogP contribution in [0, 0.1) is 17.8 Å². The summed E-state index contributed by atoms with van der Waals surface area (Å²) < 4.78 is 0. The Morgan fingerprint density at radius 3 is 1.54 bits per heavy atom. The molecule has 0 aliphatic rings. The van der Waals surface area contributed by atoms with E-state index in [1.807, 2.05) is 13.8 Å². The maximum atomic E-state index is 13.5. The van der Waals surface area contributed by atoms with Crippen molar-refractivity contribution in [1.29, 1.82) is 0 Å². The molecule has 0 aliphatic heterocycles. The molecule has 0 aliphatic carbocycles. The lowest BCUT2D eigenvalue weighted by Gasteiger charge is -2.28. The number of rotatable bonds is 27. The van der Waals surface area contributed by atoms with Gasteiger partial charge in [0.05, 0.1) is 31.4 Å². The molecule has 0 spiro atoms. The minimum Gasteiger partial charge on any atom is -0.480 e. The van der Waals surface area contributed by atoms with Crippen LogP contribution in [0.3, 0.4) is 0 Å². The lowest BCUT2D eigenvalue weighted by Crippen LogP contribution is -2.61. The molecule has 0 rings (SSSR count). The van der Waals surface area contributed by atoms with E-state index in [-0.39, 0.29) is 43.6 Å². The number of carboxylic acids is 1. The molecule has 0 fully saturated rings. The summed E-state index contributed by atoms with van der Waals surface area (Å²) in [5.41, 5.74) is 16.4. The number of guanidine groups is 1. The van der Waals surface area contributed by atoms with Gasteiger partial charge >= 0.3 is 5.97 Å². The van der Waals surface area contributed by atoms with Crippen LogP contribution in [0.25, 0.3) is 0 Å². The maximum absolute atomic E-state index is 13.5. The Bertz CT molecular complexity index is 1450. The van der Waals surface area contributed by atoms with E-state index in [9.17, 15) is 58.8 Å². The molecular formula is C36H67N11O12. The Morgan fingerprint density at radius 2 is 1.07 bits per heavy atom. The Balaban J connectivity index is 5.72. The number of carbonyl (C=O) groups excluding carboxylic acids is 7. The van der Waals surface area contributed by atoms with Crippen LogP contribution in [0.1, 0.15) is 81.1 Å². The van der Waals surface area contributed by atoms with E-state index in [1.54, 1.807) is 27.7 Å². The first-order chi connectivity index (χ1) is 27.3. The van der Waals surface area contributed by atoms with Crippen molar-refractivity contribution in [3.05, 3.63) is 0 Å². The topological polar surface area (TPSA) is 392 Å². The fourth-order valence-corrected chi connectivity index (χ4v) is 5.43. The summed E-state index contributed by atoms with van der Waals surface area (Å²) in [5, 5.41) is 56.4. The number of aliphatic hydroxyl groups is 3. The SMILES string of the molecule is CC(C)C[C@H](NC(=O)[C@@H](NC(=O)[C@H](CO)NC(=O)[C@@H](N)CC(C)C)C(C)C)C(=O)NCC(=O)N[C@H](C(=O)N[C@H](C(=O)N[C@@H](CCCN=C(N)N)C(=O)O)[C@@H](C)O)[C@@H](C)O. The third-order valence-corrected chi connectivity index (χ3v) is 8.59. The van der Waals surface area contributed by atoms with Crippen molar-refractivity contribution in [2.24, 2.45) is 39.9 Å². The Hall–Kier alpha value is -5.13. The molecule has 0 unspecified atom stereocenters. The van der Waals surface area contributed by atoms with Crippen LogP contribution >= 0.6 is 0 Å². The fourth-order valence-electron chi connectivity index (χ4n) is 5.43. The van der Waals surface area contributed by atoms with Crippen LogP contribution in [-0.2, 0) is 38.4 Å². The average molecular weight is 846 g/mol. The van der Waals surface area contributed by atoms with Crippen molar-refractivity contribution < 1.29 is 58.8 Å². The van der Waals surface area contributed by atoms with Gasteiger partial charge in [-0.25, -0.2) is 4.79 Å². The molecule has 0 radical (unpaired) electrons. The highest BCUT2D eigenvalue weighted by atomic mass is 16.4. The Labute approximate surface area is 344 Å². The number of amides is 7. The second kappa shape index (κ2) is 26.8. The van der Waals surface area contributed by atoms with Gasteiger partial charge in [-0.05, 0) is 57.3 Å². The zero-order valence-electron chi connectivity index (χ0n) is 35.1. The molecule has 0 saturated heterocycles. The van der Waals surface area contributed by atoms with Crippen LogP contribution < -0.4 is 54.4 Å². The Kier molecular flexibility index (Phi) is 24.5. The van der Waals surface area contributed by atoms with E-state index in [2.05, 4.69) is 42.2 Å². The summed E-state index contributed by atoms with van der Waals surface area (Å²) in [7, 11) is 0. The molecule has 0 saturated carbocycles. The number of carbonyl (C=O) groups is 8. The number of aliphatic carboxylic acids is 1. The summed E-state index contributed by atoms with van der Waals surface area (Å²) in [4.78, 5) is 107. The van der Waals surface area contributed by atoms with E-state index < -0.39 is 121 Å². The molecule has 7 amide bonds. The molecule has 59 heavy (non-hydrogen) atoms. The predicted molar refractivity (Wildman–Crippen MR) is 214 cm³/mol. The molecule has 9 atom stereocenters. The number of hydrogen-bond acceptors (Lipinski definition) is 13. The first kappa shape index (κ1) is 53.9. The summed E-state index contributed by atoms with van der Waals surface area (Å²) in [6.45, 7) is 11.3. The van der Waals surface area contributed by atoms with Crippen LogP contribution in [0.15, 0.2) is 4.99 Å². The lowest BCUT2D eigenvalue weighted by molar-refractivity contribution is -0.143. The van der Waals surface area contributed by atoms with Gasteiger partial charge in [0.1, 0.15) is 36.3 Å². The van der Waals surface area contributed by atoms with E-state index >= 15 is 0 Å². The highest BCUT2D eigenvalue weighted by Crippen LogP contribution is 2.10. The van der Waals surface area contributed by atoms with Crippen LogP contribution in [-0.4, -0.2) is 148 Å². The van der Waals surface area contributed by atoms with Gasteiger partial charge < -0.3 is 74.8 Å². The molecule has 0 bridgehead atoms. The third kappa shape index (κ3) is 20.9. The predicted octanol–water partition coefficient (Wildman–Crippen LogP) is -5.02. The van der Waals surface area contributed by atoms with Crippen molar-refractivity contribution in [2.75, 3.05) is 19.7 Å². The Morgan fingerprint density at radius 1 is 0.593 bits per heavy atom. The van der Waals surface area contributed by atoms with E-state index in [1.165, 1.54) is 0 Å². The quantitative estimate of drug-likeness (QED) is 0.0209. The molecule has 0 aromatic rings. The van der Waals surface area contributed by atoms with E-state index in [0.717, 1.165) is 13.8 Å². The van der Waals surface area contributed by atoms with Crippen molar-refractivity contribution in [3.8, 4) is 0 Å². The number of nitrogens with one attached hydrogen (secondary N) is 7. The van der Waals surface area contributed by atoms with Gasteiger partial charge in [-0.15, -0.1) is 0 Å². The maximum Gasteiger partial charge on any atom is 0.326 e. The van der Waals surface area contributed by atoms with Crippen LogP contribution in [0.4, 0.5) is 0 Å². The number of aliphatic hydroxyl groups excluding tert-OH is 3. The zero-order valence-corrected chi connectivity index (χ0v) is 35.1. The number of hydrogen-bond donors (Lipinski definition) is 14. The third-order valence-electron chi connectivity index (χ3n) is 8.59. The normalized spacial score (nSPS) is 15.8. The minimum atomic E-state index is -1.72. The molecule has 17 N–H and O–H groups in total. The summed E-state index contributed by atoms with van der Waals surface area (Å²) >= 11 is 0. The minimum absolute atomic E-state index is 0.0743. The molecule has 0 heterocycles. The van der Waals surface area contributed by atoms with Gasteiger partial charge in [-0.3, -0.25) is 38.6 Å². The number of nitrogens with zero attached hydrogens (tertiary/aromatic N) is 1. The second-order valence-corrected chi connectivity index (χ2v) is 15.5. The second-order valence-electron chi connectivity index (χ2n) is 15.5. The molecule has 0 aromatic heterocycles. The van der Waals surface area contributed by atoms with Gasteiger partial charge in [0.15, 0.2) is 5.96 Å². The van der Waals surface area contributed by atoms with Crippen LogP contribution in [0.2, 0.25) is 0 Å². The average Bonchev–Trinajstić information content (AvgIpc) is 3.12. The zero-order chi connectivity index (χ0) is 45.7. The monoisotopic (exact) mass is 845 g/mol. The highest BCUT2D eigenvalue weighted by molar-refractivity contribution is 5.97.